The Labute approximate surface area is 153 Å². The number of hydrogen-bond acceptors (Lipinski definition) is 3. The van der Waals surface area contributed by atoms with Gasteiger partial charge in [-0.05, 0) is 29.7 Å². The number of rotatable bonds is 5. The minimum atomic E-state index is -4.78. The van der Waals surface area contributed by atoms with Crippen LogP contribution in [-0.2, 0) is 16.9 Å². The average molecular weight is 378 g/mol. The lowest BCUT2D eigenvalue weighted by molar-refractivity contribution is -0.274. The van der Waals surface area contributed by atoms with E-state index < -0.39 is 23.8 Å². The highest BCUT2D eigenvalue weighted by Crippen LogP contribution is 2.33. The molecule has 0 aromatic heterocycles. The summed E-state index contributed by atoms with van der Waals surface area (Å²) in [6.07, 6.45) is -4.40. The zero-order valence-corrected chi connectivity index (χ0v) is 14.4. The van der Waals surface area contributed by atoms with Gasteiger partial charge in [-0.25, -0.2) is 4.79 Å². The van der Waals surface area contributed by atoms with Crippen LogP contribution >= 0.6 is 0 Å². The molecule has 3 amide bonds. The predicted octanol–water partition coefficient (Wildman–Crippen LogP) is 3.94. The lowest BCUT2D eigenvalue weighted by Gasteiger charge is -2.25. The van der Waals surface area contributed by atoms with E-state index in [1.807, 2.05) is 6.07 Å². The lowest BCUT2D eigenvalue weighted by Crippen LogP contribution is -2.43. The number of benzene rings is 2. The van der Waals surface area contributed by atoms with E-state index in [-0.39, 0.29) is 12.3 Å². The normalized spacial score (nSPS) is 19.9. The number of hydrogen-bond donors (Lipinski definition) is 1. The Balaban J connectivity index is 1.80. The fraction of sp³-hybridized carbons (Fsp3) is 0.263. The summed E-state index contributed by atoms with van der Waals surface area (Å²) in [4.78, 5) is 26.5. The van der Waals surface area contributed by atoms with Crippen molar-refractivity contribution in [2.45, 2.75) is 31.8 Å². The van der Waals surface area contributed by atoms with E-state index in [0.717, 1.165) is 17.0 Å². The zero-order chi connectivity index (χ0) is 19.7. The molecule has 0 saturated carbocycles. The minimum Gasteiger partial charge on any atom is -0.406 e. The first-order valence-corrected chi connectivity index (χ1v) is 8.29. The van der Waals surface area contributed by atoms with Gasteiger partial charge in [-0.2, -0.15) is 0 Å². The molecule has 0 radical (unpaired) electrons. The molecule has 1 fully saturated rings. The van der Waals surface area contributed by atoms with Gasteiger partial charge in [0.25, 0.3) is 5.91 Å². The fourth-order valence-corrected chi connectivity index (χ4v) is 3.11. The molecule has 1 heterocycles. The zero-order valence-electron chi connectivity index (χ0n) is 14.4. The summed E-state index contributed by atoms with van der Waals surface area (Å²) in [7, 11) is 0. The van der Waals surface area contributed by atoms with Gasteiger partial charge in [-0.1, -0.05) is 49.4 Å². The van der Waals surface area contributed by atoms with E-state index in [0.29, 0.717) is 17.5 Å². The molecule has 2 aromatic rings. The molecule has 0 bridgehead atoms. The van der Waals surface area contributed by atoms with E-state index in [1.54, 1.807) is 31.2 Å². The maximum Gasteiger partial charge on any atom is 0.573 e. The Bertz CT molecular complexity index is 838. The topological polar surface area (TPSA) is 58.6 Å². The van der Waals surface area contributed by atoms with Crippen molar-refractivity contribution in [3.8, 4) is 5.75 Å². The standard InChI is InChI=1S/C19H17F3N2O3/c1-2-18(14-6-4-3-5-7-14)16(25)24(17(26)23-18)12-13-8-10-15(11-9-13)27-19(20,21)22/h3-11H,2,12H2,1H3,(H,23,26). The van der Waals surface area contributed by atoms with Crippen molar-refractivity contribution in [1.82, 2.24) is 10.2 Å². The third-order valence-electron chi connectivity index (χ3n) is 4.47. The van der Waals surface area contributed by atoms with Gasteiger partial charge in [0.15, 0.2) is 0 Å². The van der Waals surface area contributed by atoms with Crippen LogP contribution in [-0.4, -0.2) is 23.2 Å². The Hall–Kier alpha value is -3.03. The molecular weight excluding hydrogens is 361 g/mol. The van der Waals surface area contributed by atoms with Gasteiger partial charge in [0.05, 0.1) is 6.54 Å². The number of urea groups is 1. The van der Waals surface area contributed by atoms with Crippen LogP contribution in [0.3, 0.4) is 0 Å². The summed E-state index contributed by atoms with van der Waals surface area (Å²) in [6.45, 7) is 1.75. The quantitative estimate of drug-likeness (QED) is 0.802. The number of nitrogens with one attached hydrogen (secondary N) is 1. The van der Waals surface area contributed by atoms with E-state index in [1.165, 1.54) is 12.1 Å². The van der Waals surface area contributed by atoms with Crippen molar-refractivity contribution in [3.63, 3.8) is 0 Å². The summed E-state index contributed by atoms with van der Waals surface area (Å²) in [6, 6.07) is 13.5. The maximum absolute atomic E-state index is 13.0. The highest BCUT2D eigenvalue weighted by molar-refractivity contribution is 6.07. The number of nitrogens with zero attached hydrogens (tertiary/aromatic N) is 1. The molecule has 5 nitrogen and oxygen atoms in total. The van der Waals surface area contributed by atoms with Crippen molar-refractivity contribution in [2.24, 2.45) is 0 Å². The first kappa shape index (κ1) is 18.8. The number of carbonyl (C=O) groups excluding carboxylic acids is 2. The first-order chi connectivity index (χ1) is 12.7. The molecule has 142 valence electrons. The Morgan fingerprint density at radius 3 is 2.22 bits per heavy atom. The number of imide groups is 1. The van der Waals surface area contributed by atoms with Crippen LogP contribution in [0.1, 0.15) is 24.5 Å². The summed E-state index contributed by atoms with van der Waals surface area (Å²) in [5.41, 5.74) is 0.0489. The van der Waals surface area contributed by atoms with Crippen LogP contribution in [0.25, 0.3) is 0 Å². The predicted molar refractivity (Wildman–Crippen MR) is 90.6 cm³/mol. The Kier molecular flexibility index (Phi) is 4.82. The average Bonchev–Trinajstić information content (AvgIpc) is 2.88. The van der Waals surface area contributed by atoms with Gasteiger partial charge < -0.3 is 10.1 Å². The van der Waals surface area contributed by atoms with Crippen molar-refractivity contribution >= 4 is 11.9 Å². The monoisotopic (exact) mass is 378 g/mol. The van der Waals surface area contributed by atoms with Gasteiger partial charge in [-0.15, -0.1) is 13.2 Å². The molecule has 1 saturated heterocycles. The number of alkyl halides is 3. The largest absolute Gasteiger partial charge is 0.573 e. The highest BCUT2D eigenvalue weighted by Gasteiger charge is 2.51. The molecule has 3 rings (SSSR count). The summed E-state index contributed by atoms with van der Waals surface area (Å²) in [5.74, 6) is -0.757. The van der Waals surface area contributed by atoms with Gasteiger partial charge in [0.1, 0.15) is 11.3 Å². The minimum absolute atomic E-state index is 0.0501. The second-order valence-electron chi connectivity index (χ2n) is 6.14. The van der Waals surface area contributed by atoms with E-state index in [9.17, 15) is 22.8 Å². The number of halogens is 3. The molecule has 1 atom stereocenters. The van der Waals surface area contributed by atoms with Crippen LogP contribution < -0.4 is 10.1 Å². The van der Waals surface area contributed by atoms with Crippen LogP contribution in [0.4, 0.5) is 18.0 Å². The summed E-state index contributed by atoms with van der Waals surface area (Å²) >= 11 is 0. The van der Waals surface area contributed by atoms with Gasteiger partial charge >= 0.3 is 12.4 Å². The van der Waals surface area contributed by atoms with Crippen molar-refractivity contribution < 1.29 is 27.5 Å². The molecule has 1 N–H and O–H groups in total. The number of carbonyl (C=O) groups is 2. The van der Waals surface area contributed by atoms with Gasteiger partial charge in [0.2, 0.25) is 0 Å². The first-order valence-electron chi connectivity index (χ1n) is 8.29. The Morgan fingerprint density at radius 2 is 1.67 bits per heavy atom. The van der Waals surface area contributed by atoms with Crippen LogP contribution in [0.2, 0.25) is 0 Å². The van der Waals surface area contributed by atoms with E-state index in [4.69, 9.17) is 0 Å². The SMILES string of the molecule is CCC1(c2ccccc2)NC(=O)N(Cc2ccc(OC(F)(F)F)cc2)C1=O. The van der Waals surface area contributed by atoms with Crippen molar-refractivity contribution in [1.29, 1.82) is 0 Å². The Morgan fingerprint density at radius 1 is 1.04 bits per heavy atom. The molecule has 0 aliphatic carbocycles. The maximum atomic E-state index is 13.0. The van der Waals surface area contributed by atoms with E-state index in [2.05, 4.69) is 10.1 Å². The highest BCUT2D eigenvalue weighted by atomic mass is 19.4. The van der Waals surface area contributed by atoms with Crippen LogP contribution in [0.5, 0.6) is 5.75 Å². The molecule has 1 aliphatic heterocycles. The molecule has 8 heteroatoms. The molecule has 1 aliphatic rings. The second-order valence-corrected chi connectivity index (χ2v) is 6.14. The van der Waals surface area contributed by atoms with E-state index >= 15 is 0 Å². The molecule has 2 aromatic carbocycles. The number of amides is 3. The fourth-order valence-electron chi connectivity index (χ4n) is 3.11. The second kappa shape index (κ2) is 6.94. The number of ether oxygens (including phenoxy) is 1. The third kappa shape index (κ3) is 3.74. The van der Waals surface area contributed by atoms with Crippen LogP contribution in [0, 0.1) is 0 Å². The summed E-state index contributed by atoms with van der Waals surface area (Å²) < 4.78 is 40.5. The van der Waals surface area contributed by atoms with Crippen molar-refractivity contribution in [2.75, 3.05) is 0 Å². The molecule has 0 spiro atoms. The summed E-state index contributed by atoms with van der Waals surface area (Å²) in [5, 5.41) is 2.76. The lowest BCUT2D eigenvalue weighted by atomic mass is 9.87. The van der Waals surface area contributed by atoms with Crippen LogP contribution in [0.15, 0.2) is 54.6 Å². The van der Waals surface area contributed by atoms with Gasteiger partial charge in [-0.3, -0.25) is 9.69 Å². The molecular formula is C19H17F3N2O3. The third-order valence-corrected chi connectivity index (χ3v) is 4.47. The molecule has 27 heavy (non-hydrogen) atoms. The van der Waals surface area contributed by atoms with Gasteiger partial charge in [0, 0.05) is 0 Å². The van der Waals surface area contributed by atoms with Crippen molar-refractivity contribution in [3.05, 3.63) is 65.7 Å². The molecule has 1 unspecified atom stereocenters. The smallest absolute Gasteiger partial charge is 0.406 e.